The fraction of sp³-hybridized carbons (Fsp3) is 0.588. The van der Waals surface area contributed by atoms with Crippen LogP contribution >= 0.6 is 0 Å². The lowest BCUT2D eigenvalue weighted by Gasteiger charge is -2.34. The number of hydrogen-bond acceptors (Lipinski definition) is 2. The summed E-state index contributed by atoms with van der Waals surface area (Å²) in [6.45, 7) is 3.58. The van der Waals surface area contributed by atoms with Crippen molar-refractivity contribution in [3.05, 3.63) is 35.1 Å². The van der Waals surface area contributed by atoms with Crippen molar-refractivity contribution in [3.8, 4) is 0 Å². The molecule has 1 heterocycles. The number of benzene rings is 1. The van der Waals surface area contributed by atoms with Crippen LogP contribution in [0.5, 0.6) is 0 Å². The van der Waals surface area contributed by atoms with E-state index in [0.717, 1.165) is 12.1 Å². The van der Waals surface area contributed by atoms with Gasteiger partial charge in [-0.05, 0) is 49.4 Å². The largest absolute Gasteiger partial charge is 0.481 e. The van der Waals surface area contributed by atoms with Gasteiger partial charge in [0.2, 0.25) is 0 Å². The van der Waals surface area contributed by atoms with Gasteiger partial charge in [-0.25, -0.2) is 4.39 Å². The lowest BCUT2D eigenvalue weighted by atomic mass is 9.75. The Hall–Kier alpha value is -1.63. The highest BCUT2D eigenvalue weighted by atomic mass is 19.4. The highest BCUT2D eigenvalue weighted by Gasteiger charge is 2.46. The maximum absolute atomic E-state index is 13.6. The molecule has 2 N–H and O–H groups in total. The minimum absolute atomic E-state index is 0.205. The van der Waals surface area contributed by atoms with Gasteiger partial charge in [-0.2, -0.15) is 13.2 Å². The number of alkyl halides is 3. The number of carboxylic acid groups (broad SMARTS) is 1. The van der Waals surface area contributed by atoms with E-state index in [-0.39, 0.29) is 11.6 Å². The predicted molar refractivity (Wildman–Crippen MR) is 81.0 cm³/mol. The van der Waals surface area contributed by atoms with Crippen LogP contribution in [0, 0.1) is 11.2 Å². The van der Waals surface area contributed by atoms with Gasteiger partial charge in [0, 0.05) is 12.1 Å². The lowest BCUT2D eigenvalue weighted by Crippen LogP contribution is -2.47. The van der Waals surface area contributed by atoms with Crippen LogP contribution in [0.3, 0.4) is 0 Å². The molecule has 0 amide bonds. The Morgan fingerprint density at radius 2 is 1.83 bits per heavy atom. The minimum Gasteiger partial charge on any atom is -0.481 e. The molecule has 134 valence electrons. The molecule has 7 heteroatoms. The smallest absolute Gasteiger partial charge is 0.416 e. The Morgan fingerprint density at radius 3 is 2.33 bits per heavy atom. The van der Waals surface area contributed by atoms with E-state index in [2.05, 4.69) is 5.32 Å². The summed E-state index contributed by atoms with van der Waals surface area (Å²) in [6, 6.07) is 1.64. The van der Waals surface area contributed by atoms with E-state index in [0.29, 0.717) is 31.7 Å². The Morgan fingerprint density at radius 1 is 1.21 bits per heavy atom. The quantitative estimate of drug-likeness (QED) is 0.770. The topological polar surface area (TPSA) is 49.3 Å². The summed E-state index contributed by atoms with van der Waals surface area (Å²) >= 11 is 0. The summed E-state index contributed by atoms with van der Waals surface area (Å²) in [5.41, 5.74) is -1.79. The number of halogens is 4. The zero-order chi connectivity index (χ0) is 18.1. The van der Waals surface area contributed by atoms with Crippen molar-refractivity contribution in [3.63, 3.8) is 0 Å². The fourth-order valence-electron chi connectivity index (χ4n) is 3.61. The number of carboxylic acids is 1. The highest BCUT2D eigenvalue weighted by Crippen LogP contribution is 2.41. The monoisotopic (exact) mass is 347 g/mol. The normalized spacial score (nSPS) is 21.9. The molecule has 0 aliphatic carbocycles. The van der Waals surface area contributed by atoms with Gasteiger partial charge >= 0.3 is 12.1 Å². The molecule has 0 radical (unpaired) electrons. The van der Waals surface area contributed by atoms with Crippen LogP contribution in [0.25, 0.3) is 0 Å². The number of rotatable bonds is 5. The summed E-state index contributed by atoms with van der Waals surface area (Å²) in [4.78, 5) is 11.7. The zero-order valence-electron chi connectivity index (χ0n) is 13.6. The number of carbonyl (C=O) groups is 1. The van der Waals surface area contributed by atoms with Crippen molar-refractivity contribution in [2.75, 3.05) is 0 Å². The molecule has 1 aliphatic heterocycles. The number of nitrogens with one attached hydrogen (secondary N) is 1. The van der Waals surface area contributed by atoms with E-state index in [4.69, 9.17) is 0 Å². The first kappa shape index (κ1) is 18.7. The molecule has 1 aliphatic rings. The Bertz CT molecular complexity index is 611. The molecule has 3 nitrogen and oxygen atoms in total. The molecule has 0 spiro atoms. The summed E-state index contributed by atoms with van der Waals surface area (Å²) in [5, 5.41) is 12.7. The third-order valence-electron chi connectivity index (χ3n) is 5.15. The standard InChI is InChI=1S/C17H21F4NO2/c1-3-16(4-2,15(23)24)14-6-5-13(22-14)10-7-11(17(19,20)21)9-12(18)8-10/h7-9,13-14,22H,3-6H2,1-2H3,(H,23,24)/t13-,14+/m0/s1. The van der Waals surface area contributed by atoms with Gasteiger partial charge in [-0.15, -0.1) is 0 Å². The van der Waals surface area contributed by atoms with Gasteiger partial charge in [0.25, 0.3) is 0 Å². The lowest BCUT2D eigenvalue weighted by molar-refractivity contribution is -0.151. The molecular weight excluding hydrogens is 326 g/mol. The van der Waals surface area contributed by atoms with Crippen molar-refractivity contribution in [2.45, 2.75) is 57.8 Å². The average molecular weight is 347 g/mol. The maximum atomic E-state index is 13.6. The van der Waals surface area contributed by atoms with E-state index < -0.39 is 35.0 Å². The van der Waals surface area contributed by atoms with Crippen LogP contribution in [0.15, 0.2) is 18.2 Å². The van der Waals surface area contributed by atoms with Gasteiger partial charge in [-0.1, -0.05) is 13.8 Å². The van der Waals surface area contributed by atoms with Crippen LogP contribution in [0.2, 0.25) is 0 Å². The first-order valence-corrected chi connectivity index (χ1v) is 8.01. The summed E-state index contributed by atoms with van der Waals surface area (Å²) in [5.74, 6) is -1.86. The average Bonchev–Trinajstić information content (AvgIpc) is 2.97. The van der Waals surface area contributed by atoms with Crippen molar-refractivity contribution >= 4 is 5.97 Å². The van der Waals surface area contributed by atoms with Crippen molar-refractivity contribution in [1.82, 2.24) is 5.32 Å². The Kier molecular flexibility index (Phi) is 5.22. The minimum atomic E-state index is -4.62. The predicted octanol–water partition coefficient (Wildman–Crippen LogP) is 4.53. The third-order valence-corrected chi connectivity index (χ3v) is 5.15. The molecule has 0 aromatic heterocycles. The molecule has 0 saturated carbocycles. The highest BCUT2D eigenvalue weighted by molar-refractivity contribution is 5.75. The first-order chi connectivity index (χ1) is 11.1. The van der Waals surface area contributed by atoms with Crippen LogP contribution in [-0.2, 0) is 11.0 Å². The zero-order valence-corrected chi connectivity index (χ0v) is 13.6. The Labute approximate surface area is 138 Å². The van der Waals surface area contributed by atoms with E-state index in [1.807, 2.05) is 0 Å². The third kappa shape index (κ3) is 3.41. The van der Waals surface area contributed by atoms with E-state index in [9.17, 15) is 27.5 Å². The maximum Gasteiger partial charge on any atom is 0.416 e. The number of aliphatic carboxylic acids is 1. The van der Waals surface area contributed by atoms with Gasteiger partial charge in [0.05, 0.1) is 11.0 Å². The molecule has 1 fully saturated rings. The van der Waals surface area contributed by atoms with Gasteiger partial charge in [0.1, 0.15) is 5.82 Å². The molecule has 0 unspecified atom stereocenters. The van der Waals surface area contributed by atoms with Crippen molar-refractivity contribution < 1.29 is 27.5 Å². The summed E-state index contributed by atoms with van der Waals surface area (Å²) < 4.78 is 52.1. The van der Waals surface area contributed by atoms with Gasteiger partial charge < -0.3 is 10.4 Å². The second-order valence-corrected chi connectivity index (χ2v) is 6.29. The molecule has 2 atom stereocenters. The SMILES string of the molecule is CCC(CC)(C(=O)O)[C@H]1CC[C@@H](c2cc(F)cc(C(F)(F)F)c2)N1. The van der Waals surface area contributed by atoms with Gasteiger partial charge in [-0.3, -0.25) is 4.79 Å². The molecule has 1 aromatic carbocycles. The Balaban J connectivity index is 2.28. The van der Waals surface area contributed by atoms with Crippen molar-refractivity contribution in [1.29, 1.82) is 0 Å². The van der Waals surface area contributed by atoms with E-state index in [1.54, 1.807) is 13.8 Å². The second-order valence-electron chi connectivity index (χ2n) is 6.29. The first-order valence-electron chi connectivity index (χ1n) is 8.01. The molecule has 1 aromatic rings. The second kappa shape index (κ2) is 6.70. The molecule has 0 bridgehead atoms. The molecule has 1 saturated heterocycles. The van der Waals surface area contributed by atoms with Crippen LogP contribution in [0.4, 0.5) is 17.6 Å². The fourth-order valence-corrected chi connectivity index (χ4v) is 3.61. The van der Waals surface area contributed by atoms with Crippen molar-refractivity contribution in [2.24, 2.45) is 5.41 Å². The van der Waals surface area contributed by atoms with Crippen LogP contribution in [-0.4, -0.2) is 17.1 Å². The summed E-state index contributed by atoms with van der Waals surface area (Å²) in [6.07, 6.45) is -2.79. The van der Waals surface area contributed by atoms with E-state index >= 15 is 0 Å². The van der Waals surface area contributed by atoms with E-state index in [1.165, 1.54) is 0 Å². The van der Waals surface area contributed by atoms with Crippen LogP contribution < -0.4 is 5.32 Å². The van der Waals surface area contributed by atoms with Crippen LogP contribution in [0.1, 0.15) is 56.7 Å². The molecule has 24 heavy (non-hydrogen) atoms. The molecule has 2 rings (SSSR count). The summed E-state index contributed by atoms with van der Waals surface area (Å²) in [7, 11) is 0. The van der Waals surface area contributed by atoms with Gasteiger partial charge in [0.15, 0.2) is 0 Å². The number of hydrogen-bond donors (Lipinski definition) is 2. The molecular formula is C17H21F4NO2.